The average Bonchev–Trinajstić information content (AvgIpc) is 3.13. The van der Waals surface area contributed by atoms with E-state index >= 15 is 0 Å². The van der Waals surface area contributed by atoms with Crippen LogP contribution in [0.5, 0.6) is 0 Å². The fourth-order valence-corrected chi connectivity index (χ4v) is 3.92. The first kappa shape index (κ1) is 23.8. The number of nitrogens with zero attached hydrogens (tertiary/aromatic N) is 3. The monoisotopic (exact) mass is 464 g/mol. The number of carbonyl (C=O) groups excluding carboxylic acids is 1. The largest absolute Gasteiger partial charge is 0.416 e. The number of rotatable bonds is 9. The van der Waals surface area contributed by atoms with Gasteiger partial charge in [-0.15, -0.1) is 10.2 Å². The summed E-state index contributed by atoms with van der Waals surface area (Å²) < 4.78 is 45.6. The van der Waals surface area contributed by atoms with Crippen LogP contribution in [0.1, 0.15) is 32.9 Å². The first-order chi connectivity index (χ1) is 15.3. The quantitative estimate of drug-likeness (QED) is 0.473. The van der Waals surface area contributed by atoms with Crippen molar-refractivity contribution >= 4 is 17.7 Å². The van der Waals surface area contributed by atoms with Gasteiger partial charge in [-0.3, -0.25) is 4.79 Å². The predicted molar refractivity (Wildman–Crippen MR) is 115 cm³/mol. The molecule has 1 aromatic heterocycles. The molecule has 6 nitrogen and oxygen atoms in total. The second-order valence-corrected chi connectivity index (χ2v) is 7.98. The molecule has 32 heavy (non-hydrogen) atoms. The minimum absolute atomic E-state index is 0.0108. The van der Waals surface area contributed by atoms with E-state index in [-0.39, 0.29) is 12.5 Å². The van der Waals surface area contributed by atoms with Crippen LogP contribution in [0.2, 0.25) is 0 Å². The fourth-order valence-electron chi connectivity index (χ4n) is 2.95. The van der Waals surface area contributed by atoms with E-state index in [0.717, 1.165) is 28.7 Å². The summed E-state index contributed by atoms with van der Waals surface area (Å²) >= 11 is 1.54. The van der Waals surface area contributed by atoms with E-state index in [1.165, 1.54) is 17.8 Å². The Morgan fingerprint density at radius 2 is 1.88 bits per heavy atom. The average molecular weight is 465 g/mol. The third-order valence-corrected chi connectivity index (χ3v) is 5.75. The first-order valence-electron chi connectivity index (χ1n) is 9.82. The van der Waals surface area contributed by atoms with Crippen molar-refractivity contribution in [3.63, 3.8) is 0 Å². The SMILES string of the molecule is COCCn1c(C)nnc1SCc1ccc(C(=O)NCc2cccc(C(F)(F)F)c2)cc1. The van der Waals surface area contributed by atoms with Crippen LogP contribution in [0, 0.1) is 6.92 Å². The second-order valence-electron chi connectivity index (χ2n) is 7.04. The van der Waals surface area contributed by atoms with E-state index in [1.807, 2.05) is 23.6 Å². The number of ether oxygens (including phenoxy) is 1. The molecule has 0 saturated heterocycles. The van der Waals surface area contributed by atoms with Crippen molar-refractivity contribution in [1.82, 2.24) is 20.1 Å². The summed E-state index contributed by atoms with van der Waals surface area (Å²) in [6.45, 7) is 3.13. The topological polar surface area (TPSA) is 69.0 Å². The number of benzene rings is 2. The molecule has 170 valence electrons. The Bertz CT molecular complexity index is 1050. The van der Waals surface area contributed by atoms with Gasteiger partial charge in [0.1, 0.15) is 5.82 Å². The van der Waals surface area contributed by atoms with Crippen molar-refractivity contribution < 1.29 is 22.7 Å². The van der Waals surface area contributed by atoms with Crippen molar-refractivity contribution in [2.75, 3.05) is 13.7 Å². The van der Waals surface area contributed by atoms with Gasteiger partial charge >= 0.3 is 6.18 Å². The van der Waals surface area contributed by atoms with Gasteiger partial charge in [0, 0.05) is 31.5 Å². The Labute approximate surface area is 188 Å². The highest BCUT2D eigenvalue weighted by Crippen LogP contribution is 2.29. The molecular weight excluding hydrogens is 441 g/mol. The number of alkyl halides is 3. The summed E-state index contributed by atoms with van der Waals surface area (Å²) in [7, 11) is 1.64. The Morgan fingerprint density at radius 3 is 2.56 bits per heavy atom. The van der Waals surface area contributed by atoms with E-state index in [4.69, 9.17) is 4.74 Å². The highest BCUT2D eigenvalue weighted by atomic mass is 32.2. The number of amides is 1. The molecule has 0 radical (unpaired) electrons. The van der Waals surface area contributed by atoms with Crippen LogP contribution in [0.25, 0.3) is 0 Å². The molecule has 0 spiro atoms. The number of hydrogen-bond donors (Lipinski definition) is 1. The van der Waals surface area contributed by atoms with E-state index < -0.39 is 11.7 Å². The van der Waals surface area contributed by atoms with E-state index in [9.17, 15) is 18.0 Å². The first-order valence-corrected chi connectivity index (χ1v) is 10.8. The molecule has 0 aliphatic carbocycles. The third kappa shape index (κ3) is 6.33. The molecule has 0 saturated carbocycles. The van der Waals surface area contributed by atoms with Gasteiger partial charge in [0.05, 0.1) is 12.2 Å². The maximum atomic E-state index is 12.8. The van der Waals surface area contributed by atoms with Gasteiger partial charge in [0.2, 0.25) is 0 Å². The number of halogens is 3. The van der Waals surface area contributed by atoms with E-state index in [0.29, 0.717) is 30.0 Å². The second kappa shape index (κ2) is 10.6. The normalized spacial score (nSPS) is 11.5. The van der Waals surface area contributed by atoms with Gasteiger partial charge in [-0.25, -0.2) is 0 Å². The molecule has 0 atom stereocenters. The molecule has 1 amide bonds. The maximum Gasteiger partial charge on any atom is 0.416 e. The lowest BCUT2D eigenvalue weighted by Gasteiger charge is -2.10. The van der Waals surface area contributed by atoms with Crippen LogP contribution < -0.4 is 5.32 Å². The van der Waals surface area contributed by atoms with Gasteiger partial charge in [0.15, 0.2) is 5.16 Å². The highest BCUT2D eigenvalue weighted by Gasteiger charge is 2.30. The van der Waals surface area contributed by atoms with Crippen molar-refractivity contribution in [2.24, 2.45) is 0 Å². The number of methoxy groups -OCH3 is 1. The Hall–Kier alpha value is -2.85. The summed E-state index contributed by atoms with van der Waals surface area (Å²) in [5.41, 5.74) is 1.08. The van der Waals surface area contributed by atoms with Crippen molar-refractivity contribution in [3.05, 3.63) is 76.6 Å². The third-order valence-electron chi connectivity index (χ3n) is 4.71. The summed E-state index contributed by atoms with van der Waals surface area (Å²) in [5.74, 6) is 1.12. The lowest BCUT2D eigenvalue weighted by molar-refractivity contribution is -0.137. The van der Waals surface area contributed by atoms with Crippen LogP contribution in [-0.2, 0) is 29.8 Å². The molecule has 10 heteroatoms. The van der Waals surface area contributed by atoms with Crippen LogP contribution >= 0.6 is 11.8 Å². The Balaban J connectivity index is 1.55. The number of aryl methyl sites for hydroxylation is 1. The predicted octanol–water partition coefficient (Wildman–Crippen LogP) is 4.47. The zero-order chi connectivity index (χ0) is 23.1. The van der Waals surface area contributed by atoms with Crippen LogP contribution in [0.4, 0.5) is 13.2 Å². The van der Waals surface area contributed by atoms with Gasteiger partial charge in [-0.1, -0.05) is 36.0 Å². The number of nitrogens with one attached hydrogen (secondary N) is 1. The molecule has 0 unspecified atom stereocenters. The zero-order valence-electron chi connectivity index (χ0n) is 17.6. The molecule has 0 aliphatic heterocycles. The van der Waals surface area contributed by atoms with Crippen LogP contribution in [-0.4, -0.2) is 34.4 Å². The molecule has 2 aromatic carbocycles. The van der Waals surface area contributed by atoms with Gasteiger partial charge in [-0.2, -0.15) is 13.2 Å². The van der Waals surface area contributed by atoms with Gasteiger partial charge in [-0.05, 0) is 42.3 Å². The Morgan fingerprint density at radius 1 is 1.12 bits per heavy atom. The summed E-state index contributed by atoms with van der Waals surface area (Å²) in [6, 6.07) is 12.0. The molecule has 1 heterocycles. The van der Waals surface area contributed by atoms with E-state index in [1.54, 1.807) is 25.3 Å². The molecule has 0 aliphatic rings. The zero-order valence-corrected chi connectivity index (χ0v) is 18.5. The van der Waals surface area contributed by atoms with Crippen LogP contribution in [0.15, 0.2) is 53.7 Å². The summed E-state index contributed by atoms with van der Waals surface area (Å²) in [4.78, 5) is 12.4. The molecule has 1 N–H and O–H groups in total. The lowest BCUT2D eigenvalue weighted by atomic mass is 10.1. The lowest BCUT2D eigenvalue weighted by Crippen LogP contribution is -2.23. The van der Waals surface area contributed by atoms with Crippen molar-refractivity contribution in [2.45, 2.75) is 37.1 Å². The number of aromatic nitrogens is 3. The smallest absolute Gasteiger partial charge is 0.383 e. The molecule has 3 rings (SSSR count). The summed E-state index contributed by atoms with van der Waals surface area (Å²) in [5, 5.41) is 11.7. The Kier molecular flexibility index (Phi) is 7.92. The summed E-state index contributed by atoms with van der Waals surface area (Å²) in [6.07, 6.45) is -4.41. The molecule has 0 bridgehead atoms. The fraction of sp³-hybridized carbons (Fsp3) is 0.318. The molecule has 3 aromatic rings. The molecule has 0 fully saturated rings. The molecular formula is C22H23F3N4O2S. The number of carbonyl (C=O) groups is 1. The number of thioether (sulfide) groups is 1. The number of hydrogen-bond acceptors (Lipinski definition) is 5. The van der Waals surface area contributed by atoms with Crippen LogP contribution in [0.3, 0.4) is 0 Å². The van der Waals surface area contributed by atoms with Crippen molar-refractivity contribution in [3.8, 4) is 0 Å². The minimum atomic E-state index is -4.41. The minimum Gasteiger partial charge on any atom is -0.383 e. The van der Waals surface area contributed by atoms with Gasteiger partial charge in [0.25, 0.3) is 5.91 Å². The standard InChI is InChI=1S/C22H23F3N4O2S/c1-15-27-28-21(29(15)10-11-31-2)32-14-16-6-8-18(9-7-16)20(30)26-13-17-4-3-5-19(12-17)22(23,24)25/h3-9,12H,10-11,13-14H2,1-2H3,(H,26,30). The van der Waals surface area contributed by atoms with Crippen molar-refractivity contribution in [1.29, 1.82) is 0 Å². The maximum absolute atomic E-state index is 12.8. The van der Waals surface area contributed by atoms with E-state index in [2.05, 4.69) is 15.5 Å². The highest BCUT2D eigenvalue weighted by molar-refractivity contribution is 7.98. The van der Waals surface area contributed by atoms with Gasteiger partial charge < -0.3 is 14.6 Å².